The van der Waals surface area contributed by atoms with Gasteiger partial charge in [-0.1, -0.05) is 45.0 Å². The van der Waals surface area contributed by atoms with Crippen LogP contribution in [0, 0.1) is 11.8 Å². The van der Waals surface area contributed by atoms with Gasteiger partial charge in [0.15, 0.2) is 8.11 Å². The van der Waals surface area contributed by atoms with Gasteiger partial charge in [-0.3, -0.25) is 0 Å². The molecular formula is C10H20ClSi. The number of allylic oxidation sites excluding steroid dienone is 2. The van der Waals surface area contributed by atoms with E-state index >= 15 is 0 Å². The van der Waals surface area contributed by atoms with E-state index in [1.54, 1.807) is 0 Å². The molecule has 0 aliphatic heterocycles. The van der Waals surface area contributed by atoms with Gasteiger partial charge in [-0.25, -0.2) is 0 Å². The summed E-state index contributed by atoms with van der Waals surface area (Å²) in [6, 6.07) is 0. The van der Waals surface area contributed by atoms with E-state index in [2.05, 4.69) is 41.2 Å². The number of hydrogen-bond acceptors (Lipinski definition) is 0. The van der Waals surface area contributed by atoms with Crippen molar-refractivity contribution in [3.8, 4) is 0 Å². The van der Waals surface area contributed by atoms with Gasteiger partial charge in [-0.2, -0.15) is 11.1 Å². The predicted molar refractivity (Wildman–Crippen MR) is 59.8 cm³/mol. The lowest BCUT2D eigenvalue weighted by Gasteiger charge is -2.19. The van der Waals surface area contributed by atoms with Crippen LogP contribution in [-0.2, 0) is 0 Å². The molecule has 0 saturated heterocycles. The van der Waals surface area contributed by atoms with Crippen molar-refractivity contribution in [2.24, 2.45) is 11.8 Å². The van der Waals surface area contributed by atoms with Crippen LogP contribution in [0.25, 0.3) is 0 Å². The fourth-order valence-corrected chi connectivity index (χ4v) is 4.17. The average molecular weight is 204 g/mol. The first-order chi connectivity index (χ1) is 5.37. The molecule has 0 aromatic rings. The molecule has 0 fully saturated rings. The van der Waals surface area contributed by atoms with Crippen LogP contribution >= 0.6 is 11.1 Å². The third-order valence-electron chi connectivity index (χ3n) is 2.24. The van der Waals surface area contributed by atoms with Crippen molar-refractivity contribution in [3.63, 3.8) is 0 Å². The molecule has 71 valence electrons. The molecule has 0 aliphatic rings. The van der Waals surface area contributed by atoms with Gasteiger partial charge in [-0.05, 0) is 18.8 Å². The summed E-state index contributed by atoms with van der Waals surface area (Å²) < 4.78 is 0. The first-order valence-corrected chi connectivity index (χ1v) is 7.59. The van der Waals surface area contributed by atoms with Crippen molar-refractivity contribution in [1.82, 2.24) is 0 Å². The Morgan fingerprint density at radius 3 is 1.58 bits per heavy atom. The second-order valence-corrected chi connectivity index (χ2v) is 7.25. The van der Waals surface area contributed by atoms with Crippen molar-refractivity contribution in [2.75, 3.05) is 0 Å². The van der Waals surface area contributed by atoms with Crippen LogP contribution in [0.3, 0.4) is 0 Å². The van der Waals surface area contributed by atoms with Gasteiger partial charge in [-0.15, -0.1) is 0 Å². The van der Waals surface area contributed by atoms with E-state index in [0.29, 0.717) is 11.8 Å². The first-order valence-electron chi connectivity index (χ1n) is 4.58. The fraction of sp³-hybridized carbons (Fsp3) is 0.800. The van der Waals surface area contributed by atoms with E-state index in [0.717, 1.165) is 0 Å². The lowest BCUT2D eigenvalue weighted by atomic mass is 10.0. The molecule has 0 rings (SSSR count). The molecule has 0 aromatic heterocycles. The van der Waals surface area contributed by atoms with Crippen LogP contribution in [0.4, 0.5) is 0 Å². The zero-order valence-corrected chi connectivity index (χ0v) is 10.8. The van der Waals surface area contributed by atoms with Crippen LogP contribution in [0.15, 0.2) is 10.8 Å². The molecule has 0 nitrogen and oxygen atoms in total. The molecule has 0 aromatic carbocycles. The maximum absolute atomic E-state index is 6.22. The Labute approximate surface area is 83.3 Å². The third kappa shape index (κ3) is 3.32. The fourth-order valence-electron chi connectivity index (χ4n) is 1.44. The quantitative estimate of drug-likeness (QED) is 0.480. The van der Waals surface area contributed by atoms with Gasteiger partial charge < -0.3 is 0 Å². The molecule has 0 atom stereocenters. The SMILES string of the molecule is CC(=C(C(C)C)[Si](C)Cl)C(C)C. The highest BCUT2D eigenvalue weighted by atomic mass is 35.6. The summed E-state index contributed by atoms with van der Waals surface area (Å²) in [5.41, 5.74) is 1.50. The molecule has 12 heavy (non-hydrogen) atoms. The Morgan fingerprint density at radius 1 is 1.08 bits per heavy atom. The molecule has 1 radical (unpaired) electrons. The number of rotatable bonds is 3. The van der Waals surface area contributed by atoms with Crippen LogP contribution in [0.5, 0.6) is 0 Å². The van der Waals surface area contributed by atoms with E-state index in [9.17, 15) is 0 Å². The topological polar surface area (TPSA) is 0 Å². The summed E-state index contributed by atoms with van der Waals surface area (Å²) in [7, 11) is -0.764. The molecule has 2 heteroatoms. The number of halogens is 1. The third-order valence-corrected chi connectivity index (χ3v) is 4.56. The molecule has 0 aliphatic carbocycles. The Kier molecular flexibility index (Phi) is 5.18. The van der Waals surface area contributed by atoms with E-state index in [1.165, 1.54) is 10.8 Å². The van der Waals surface area contributed by atoms with E-state index in [4.69, 9.17) is 11.1 Å². The standard InChI is InChI=1S/C10H20ClSi/c1-7(2)9(5)10(8(3)4)12(6)11/h7-8H,1-6H3. The summed E-state index contributed by atoms with van der Waals surface area (Å²) >= 11 is 6.22. The predicted octanol–water partition coefficient (Wildman–Crippen LogP) is 4.01. The highest BCUT2D eigenvalue weighted by molar-refractivity contribution is 7.10. The van der Waals surface area contributed by atoms with Crippen molar-refractivity contribution < 1.29 is 0 Å². The van der Waals surface area contributed by atoms with Crippen LogP contribution in [0.2, 0.25) is 6.55 Å². The maximum atomic E-state index is 6.22. The van der Waals surface area contributed by atoms with Crippen LogP contribution in [-0.4, -0.2) is 8.11 Å². The maximum Gasteiger partial charge on any atom is 0.192 e. The minimum atomic E-state index is -0.764. The molecular weight excluding hydrogens is 184 g/mol. The highest BCUT2D eigenvalue weighted by Crippen LogP contribution is 2.24. The molecule has 0 saturated carbocycles. The summed E-state index contributed by atoms with van der Waals surface area (Å²) in [5, 5.41) is 1.51. The van der Waals surface area contributed by atoms with Gasteiger partial charge in [0.1, 0.15) is 0 Å². The summed E-state index contributed by atoms with van der Waals surface area (Å²) in [5.74, 6) is 1.25. The van der Waals surface area contributed by atoms with Crippen LogP contribution in [0.1, 0.15) is 34.6 Å². The zero-order chi connectivity index (χ0) is 9.89. The molecule has 0 N–H and O–H groups in total. The second kappa shape index (κ2) is 5.08. The average Bonchev–Trinajstić information content (AvgIpc) is 1.85. The summed E-state index contributed by atoms with van der Waals surface area (Å²) in [6.07, 6.45) is 0. The minimum Gasteiger partial charge on any atom is -0.163 e. The molecule has 0 spiro atoms. The molecule has 0 heterocycles. The van der Waals surface area contributed by atoms with E-state index in [-0.39, 0.29) is 0 Å². The summed E-state index contributed by atoms with van der Waals surface area (Å²) in [4.78, 5) is 0. The first kappa shape index (κ1) is 12.2. The van der Waals surface area contributed by atoms with Crippen molar-refractivity contribution in [3.05, 3.63) is 10.8 Å². The van der Waals surface area contributed by atoms with Crippen molar-refractivity contribution in [1.29, 1.82) is 0 Å². The monoisotopic (exact) mass is 203 g/mol. The largest absolute Gasteiger partial charge is 0.192 e. The highest BCUT2D eigenvalue weighted by Gasteiger charge is 2.16. The minimum absolute atomic E-state index is 0.615. The van der Waals surface area contributed by atoms with Gasteiger partial charge in [0.25, 0.3) is 0 Å². The molecule has 0 unspecified atom stereocenters. The Balaban J connectivity index is 4.81. The molecule has 0 bridgehead atoms. The lowest BCUT2D eigenvalue weighted by molar-refractivity contribution is 0.718. The lowest BCUT2D eigenvalue weighted by Crippen LogP contribution is -2.13. The van der Waals surface area contributed by atoms with Gasteiger partial charge in [0.2, 0.25) is 0 Å². The van der Waals surface area contributed by atoms with Crippen molar-refractivity contribution in [2.45, 2.75) is 41.2 Å². The number of hydrogen-bond donors (Lipinski definition) is 0. The Bertz CT molecular complexity index is 159. The van der Waals surface area contributed by atoms with Gasteiger partial charge in [0.05, 0.1) is 0 Å². The Hall–Kier alpha value is 0.247. The van der Waals surface area contributed by atoms with E-state index < -0.39 is 8.11 Å². The zero-order valence-electron chi connectivity index (χ0n) is 9.03. The normalized spacial score (nSPS) is 14.5. The van der Waals surface area contributed by atoms with Crippen LogP contribution < -0.4 is 0 Å². The molecule has 0 amide bonds. The Morgan fingerprint density at radius 2 is 1.50 bits per heavy atom. The van der Waals surface area contributed by atoms with Gasteiger partial charge >= 0.3 is 0 Å². The van der Waals surface area contributed by atoms with Crippen molar-refractivity contribution >= 4 is 19.2 Å². The van der Waals surface area contributed by atoms with E-state index in [1.807, 2.05) is 0 Å². The summed E-state index contributed by atoms with van der Waals surface area (Å²) in [6.45, 7) is 13.3. The second-order valence-electron chi connectivity index (χ2n) is 3.94. The smallest absolute Gasteiger partial charge is 0.163 e. The van der Waals surface area contributed by atoms with Gasteiger partial charge in [0, 0.05) is 0 Å².